The third-order valence-corrected chi connectivity index (χ3v) is 3.53. The first-order chi connectivity index (χ1) is 10.4. The molecule has 0 rings (SSSR count). The van der Waals surface area contributed by atoms with E-state index in [1.165, 1.54) is 6.42 Å². The van der Waals surface area contributed by atoms with Crippen molar-refractivity contribution in [3.05, 3.63) is 0 Å². The Bertz CT molecular complexity index is 301. The zero-order valence-corrected chi connectivity index (χ0v) is 15.0. The topological polar surface area (TPSA) is 58.2 Å². The molecule has 130 valence electrons. The van der Waals surface area contributed by atoms with E-state index in [1.54, 1.807) is 0 Å². The molecule has 0 atom stereocenters. The van der Waals surface area contributed by atoms with Crippen LogP contribution >= 0.6 is 0 Å². The maximum atomic E-state index is 11.6. The lowest BCUT2D eigenvalue weighted by molar-refractivity contribution is -0.122. The highest BCUT2D eigenvalue weighted by molar-refractivity contribution is 5.76. The third-order valence-electron chi connectivity index (χ3n) is 3.53. The standard InChI is InChI=1S/C18H36N2O2/c1-15(2)10-9-13-19-17(21)11-7-5-6-8-12-20-18(22)14-16(3)4/h15-16H,5-14H2,1-4H3,(H,19,21)(H,20,22). The summed E-state index contributed by atoms with van der Waals surface area (Å²) in [6, 6.07) is 0. The predicted octanol–water partition coefficient (Wildman–Crippen LogP) is 3.65. The van der Waals surface area contributed by atoms with E-state index in [4.69, 9.17) is 0 Å². The molecule has 0 spiro atoms. The van der Waals surface area contributed by atoms with Crippen molar-refractivity contribution < 1.29 is 9.59 Å². The molecule has 4 heteroatoms. The number of unbranched alkanes of at least 4 members (excludes halogenated alkanes) is 3. The largest absolute Gasteiger partial charge is 0.356 e. The van der Waals surface area contributed by atoms with Gasteiger partial charge in [0.25, 0.3) is 0 Å². The zero-order chi connectivity index (χ0) is 16.8. The number of carbonyl (C=O) groups is 2. The zero-order valence-electron chi connectivity index (χ0n) is 15.0. The van der Waals surface area contributed by atoms with Gasteiger partial charge in [-0.3, -0.25) is 9.59 Å². The molecule has 0 saturated carbocycles. The van der Waals surface area contributed by atoms with Gasteiger partial charge in [0.05, 0.1) is 0 Å². The molecule has 0 aromatic heterocycles. The molecule has 0 aromatic rings. The van der Waals surface area contributed by atoms with Crippen molar-refractivity contribution in [1.82, 2.24) is 10.6 Å². The van der Waals surface area contributed by atoms with E-state index < -0.39 is 0 Å². The number of carbonyl (C=O) groups excluding carboxylic acids is 2. The van der Waals surface area contributed by atoms with Gasteiger partial charge in [-0.2, -0.15) is 0 Å². The van der Waals surface area contributed by atoms with Gasteiger partial charge >= 0.3 is 0 Å². The highest BCUT2D eigenvalue weighted by Crippen LogP contribution is 2.04. The van der Waals surface area contributed by atoms with Crippen LogP contribution in [0, 0.1) is 11.8 Å². The number of nitrogens with one attached hydrogen (secondary N) is 2. The van der Waals surface area contributed by atoms with Crippen LogP contribution < -0.4 is 10.6 Å². The van der Waals surface area contributed by atoms with Crippen molar-refractivity contribution >= 4 is 11.8 Å². The summed E-state index contributed by atoms with van der Waals surface area (Å²) in [4.78, 5) is 23.0. The molecular formula is C18H36N2O2. The molecule has 2 amide bonds. The molecule has 0 saturated heterocycles. The first-order valence-electron chi connectivity index (χ1n) is 8.95. The van der Waals surface area contributed by atoms with Crippen LogP contribution in [0.25, 0.3) is 0 Å². The molecule has 22 heavy (non-hydrogen) atoms. The summed E-state index contributed by atoms with van der Waals surface area (Å²) in [6.07, 6.45) is 7.54. The fourth-order valence-electron chi connectivity index (χ4n) is 2.26. The normalized spacial score (nSPS) is 11.0. The van der Waals surface area contributed by atoms with E-state index in [-0.39, 0.29) is 11.8 Å². The third kappa shape index (κ3) is 15.3. The number of amides is 2. The molecule has 4 nitrogen and oxygen atoms in total. The van der Waals surface area contributed by atoms with Crippen molar-refractivity contribution in [2.24, 2.45) is 11.8 Å². The SMILES string of the molecule is CC(C)CCCNC(=O)CCCCCCNC(=O)CC(C)C. The van der Waals surface area contributed by atoms with E-state index in [2.05, 4.69) is 24.5 Å². The Labute approximate surface area is 136 Å². The summed E-state index contributed by atoms with van der Waals surface area (Å²) in [6.45, 7) is 10.1. The summed E-state index contributed by atoms with van der Waals surface area (Å²) < 4.78 is 0. The van der Waals surface area contributed by atoms with Gasteiger partial charge in [0, 0.05) is 25.9 Å². The Kier molecular flexibility index (Phi) is 12.9. The molecule has 0 bridgehead atoms. The monoisotopic (exact) mass is 312 g/mol. The van der Waals surface area contributed by atoms with Crippen LogP contribution in [-0.2, 0) is 9.59 Å². The lowest BCUT2D eigenvalue weighted by atomic mass is 10.1. The minimum absolute atomic E-state index is 0.149. The average molecular weight is 312 g/mol. The molecule has 0 fully saturated rings. The molecular weight excluding hydrogens is 276 g/mol. The Morgan fingerprint density at radius 2 is 1.32 bits per heavy atom. The van der Waals surface area contributed by atoms with E-state index in [9.17, 15) is 9.59 Å². The van der Waals surface area contributed by atoms with Gasteiger partial charge in [-0.1, -0.05) is 40.5 Å². The molecule has 0 unspecified atom stereocenters. The van der Waals surface area contributed by atoms with Crippen LogP contribution in [0.5, 0.6) is 0 Å². The molecule has 2 N–H and O–H groups in total. The predicted molar refractivity (Wildman–Crippen MR) is 92.6 cm³/mol. The Morgan fingerprint density at radius 3 is 1.95 bits per heavy atom. The van der Waals surface area contributed by atoms with E-state index in [0.29, 0.717) is 24.7 Å². The first kappa shape index (κ1) is 20.9. The summed E-state index contributed by atoms with van der Waals surface area (Å²) in [7, 11) is 0. The van der Waals surface area contributed by atoms with Crippen LogP contribution in [0.1, 0.15) is 79.1 Å². The van der Waals surface area contributed by atoms with Gasteiger partial charge in [0.1, 0.15) is 0 Å². The molecule has 0 aliphatic heterocycles. The Hall–Kier alpha value is -1.06. The quantitative estimate of drug-likeness (QED) is 0.510. The maximum absolute atomic E-state index is 11.6. The first-order valence-corrected chi connectivity index (χ1v) is 8.95. The summed E-state index contributed by atoms with van der Waals surface area (Å²) in [5, 5.41) is 5.92. The molecule has 0 aliphatic carbocycles. The molecule has 0 heterocycles. The van der Waals surface area contributed by atoms with Crippen molar-refractivity contribution in [3.63, 3.8) is 0 Å². The van der Waals surface area contributed by atoms with E-state index >= 15 is 0 Å². The van der Waals surface area contributed by atoms with Crippen molar-refractivity contribution in [1.29, 1.82) is 0 Å². The van der Waals surface area contributed by atoms with Crippen LogP contribution in [0.15, 0.2) is 0 Å². The summed E-state index contributed by atoms with van der Waals surface area (Å²) in [5.41, 5.74) is 0. The van der Waals surface area contributed by atoms with Crippen LogP contribution in [0.3, 0.4) is 0 Å². The van der Waals surface area contributed by atoms with Crippen LogP contribution in [0.4, 0.5) is 0 Å². The second kappa shape index (κ2) is 13.6. The maximum Gasteiger partial charge on any atom is 0.220 e. The van der Waals surface area contributed by atoms with Gasteiger partial charge in [0.15, 0.2) is 0 Å². The van der Waals surface area contributed by atoms with Gasteiger partial charge in [0.2, 0.25) is 11.8 Å². The number of rotatable bonds is 13. The van der Waals surface area contributed by atoms with E-state index in [1.807, 2.05) is 13.8 Å². The highest BCUT2D eigenvalue weighted by Gasteiger charge is 2.04. The van der Waals surface area contributed by atoms with E-state index in [0.717, 1.165) is 45.2 Å². The van der Waals surface area contributed by atoms with Crippen molar-refractivity contribution in [2.45, 2.75) is 79.1 Å². The van der Waals surface area contributed by atoms with Gasteiger partial charge in [-0.15, -0.1) is 0 Å². The van der Waals surface area contributed by atoms with Gasteiger partial charge in [-0.05, 0) is 37.5 Å². The molecule has 0 aromatic carbocycles. The minimum atomic E-state index is 0.149. The fourth-order valence-corrected chi connectivity index (χ4v) is 2.26. The second-order valence-corrected chi connectivity index (χ2v) is 7.00. The number of hydrogen-bond acceptors (Lipinski definition) is 2. The fraction of sp³-hybridized carbons (Fsp3) is 0.889. The molecule has 0 aliphatic rings. The number of hydrogen-bond donors (Lipinski definition) is 2. The average Bonchev–Trinajstić information content (AvgIpc) is 2.41. The van der Waals surface area contributed by atoms with Crippen molar-refractivity contribution in [3.8, 4) is 0 Å². The summed E-state index contributed by atoms with van der Waals surface area (Å²) >= 11 is 0. The van der Waals surface area contributed by atoms with Crippen LogP contribution in [0.2, 0.25) is 0 Å². The van der Waals surface area contributed by atoms with Crippen LogP contribution in [-0.4, -0.2) is 24.9 Å². The Morgan fingerprint density at radius 1 is 0.727 bits per heavy atom. The second-order valence-electron chi connectivity index (χ2n) is 7.00. The van der Waals surface area contributed by atoms with Crippen molar-refractivity contribution in [2.75, 3.05) is 13.1 Å². The lowest BCUT2D eigenvalue weighted by Gasteiger charge is -2.08. The molecule has 0 radical (unpaired) electrons. The Balaban J connectivity index is 3.31. The summed E-state index contributed by atoms with van der Waals surface area (Å²) in [5.74, 6) is 1.45. The van der Waals surface area contributed by atoms with Gasteiger partial charge < -0.3 is 10.6 Å². The minimum Gasteiger partial charge on any atom is -0.356 e. The lowest BCUT2D eigenvalue weighted by Crippen LogP contribution is -2.25. The highest BCUT2D eigenvalue weighted by atomic mass is 16.2. The smallest absolute Gasteiger partial charge is 0.220 e. The van der Waals surface area contributed by atoms with Gasteiger partial charge in [-0.25, -0.2) is 0 Å².